The first-order valence-electron chi connectivity index (χ1n) is 6.74. The molecular weight excluding hydrogens is 393 g/mol. The summed E-state index contributed by atoms with van der Waals surface area (Å²) in [6.07, 6.45) is -0.259. The largest absolute Gasteiger partial charge is 0.481 e. The van der Waals surface area contributed by atoms with Crippen LogP contribution in [-0.4, -0.2) is 23.5 Å². The molecule has 0 spiro atoms. The molecule has 0 aliphatic carbocycles. The highest BCUT2D eigenvalue weighted by atomic mass is 35.5. The van der Waals surface area contributed by atoms with Crippen LogP contribution < -0.4 is 0 Å². The second kappa shape index (κ2) is 6.07. The lowest BCUT2D eigenvalue weighted by molar-refractivity contribution is -0.136. The van der Waals surface area contributed by atoms with Crippen molar-refractivity contribution in [1.82, 2.24) is 3.97 Å². The Morgan fingerprint density at radius 2 is 2.00 bits per heavy atom. The van der Waals surface area contributed by atoms with Crippen molar-refractivity contribution in [2.45, 2.75) is 18.2 Å². The number of aromatic nitrogens is 1. The smallest absolute Gasteiger partial charge is 0.307 e. The fourth-order valence-electron chi connectivity index (χ4n) is 2.60. The summed E-state index contributed by atoms with van der Waals surface area (Å²) in [5.41, 5.74) is 0.829. The molecule has 3 rings (SSSR count). The van der Waals surface area contributed by atoms with E-state index in [1.54, 1.807) is 18.4 Å². The average molecular weight is 404 g/mol. The molecule has 0 atom stereocenters. The number of fused-ring (bicyclic) bond motifs is 1. The molecule has 1 N–H and O–H groups in total. The Balaban J connectivity index is 2.33. The maximum absolute atomic E-state index is 13.1. The molecule has 1 aromatic carbocycles. The Hall–Kier alpha value is -1.54. The quantitative estimate of drug-likeness (QED) is 0.708. The maximum atomic E-state index is 13.1. The third-order valence-corrected chi connectivity index (χ3v) is 7.44. The van der Waals surface area contributed by atoms with Crippen LogP contribution in [0.2, 0.25) is 10.0 Å². The maximum Gasteiger partial charge on any atom is 0.307 e. The summed E-state index contributed by atoms with van der Waals surface area (Å²) in [5, 5.41) is 11.5. The SMILES string of the molecule is Cc1c(CC(=O)O)c2ccsc2n1S(=O)(=O)c1cccc(Cl)c1Cl. The van der Waals surface area contributed by atoms with Gasteiger partial charge in [-0.15, -0.1) is 11.3 Å². The number of benzene rings is 1. The molecule has 0 bridgehead atoms. The van der Waals surface area contributed by atoms with E-state index in [1.165, 1.54) is 29.5 Å². The van der Waals surface area contributed by atoms with Gasteiger partial charge in [0.15, 0.2) is 0 Å². The van der Waals surface area contributed by atoms with E-state index >= 15 is 0 Å². The minimum atomic E-state index is -4.02. The van der Waals surface area contributed by atoms with E-state index in [-0.39, 0.29) is 21.4 Å². The molecule has 2 heterocycles. The minimum Gasteiger partial charge on any atom is -0.481 e. The number of carboxylic acid groups (broad SMARTS) is 1. The molecule has 0 saturated carbocycles. The number of thiophene rings is 1. The van der Waals surface area contributed by atoms with Gasteiger partial charge in [0.05, 0.1) is 16.5 Å². The number of carbonyl (C=O) groups is 1. The van der Waals surface area contributed by atoms with E-state index in [1.807, 2.05) is 0 Å². The lowest BCUT2D eigenvalue weighted by atomic mass is 10.1. The summed E-state index contributed by atoms with van der Waals surface area (Å²) < 4.78 is 27.4. The summed E-state index contributed by atoms with van der Waals surface area (Å²) in [5.74, 6) is -1.03. The fourth-order valence-corrected chi connectivity index (χ4v) is 6.13. The third-order valence-electron chi connectivity index (χ3n) is 3.66. The van der Waals surface area contributed by atoms with Gasteiger partial charge in [-0.3, -0.25) is 4.79 Å². The van der Waals surface area contributed by atoms with Crippen molar-refractivity contribution < 1.29 is 18.3 Å². The Morgan fingerprint density at radius 3 is 2.67 bits per heavy atom. The van der Waals surface area contributed by atoms with Crippen LogP contribution in [0.1, 0.15) is 11.3 Å². The predicted molar refractivity (Wildman–Crippen MR) is 94.9 cm³/mol. The molecule has 126 valence electrons. The van der Waals surface area contributed by atoms with Gasteiger partial charge in [-0.1, -0.05) is 29.3 Å². The number of carboxylic acids is 1. The van der Waals surface area contributed by atoms with Crippen molar-refractivity contribution in [3.8, 4) is 0 Å². The van der Waals surface area contributed by atoms with Crippen LogP contribution in [0.25, 0.3) is 10.2 Å². The van der Waals surface area contributed by atoms with Crippen LogP contribution in [0.4, 0.5) is 0 Å². The Morgan fingerprint density at radius 1 is 1.29 bits per heavy atom. The first-order valence-corrected chi connectivity index (χ1v) is 9.81. The van der Waals surface area contributed by atoms with Gasteiger partial charge in [0, 0.05) is 11.1 Å². The lowest BCUT2D eigenvalue weighted by Gasteiger charge is -2.11. The molecule has 0 amide bonds. The number of halogens is 2. The van der Waals surface area contributed by atoms with Gasteiger partial charge in [-0.05, 0) is 36.1 Å². The first-order chi connectivity index (χ1) is 11.2. The third kappa shape index (κ3) is 2.61. The van der Waals surface area contributed by atoms with Gasteiger partial charge in [-0.2, -0.15) is 0 Å². The van der Waals surface area contributed by atoms with E-state index in [9.17, 15) is 13.2 Å². The van der Waals surface area contributed by atoms with Gasteiger partial charge in [0.1, 0.15) is 9.73 Å². The zero-order valence-corrected chi connectivity index (χ0v) is 15.4. The zero-order chi connectivity index (χ0) is 17.6. The fraction of sp³-hybridized carbons (Fsp3) is 0.133. The summed E-state index contributed by atoms with van der Waals surface area (Å²) in [7, 11) is -4.02. The molecule has 0 unspecified atom stereocenters. The molecule has 0 aliphatic rings. The van der Waals surface area contributed by atoms with Gasteiger partial charge < -0.3 is 5.11 Å². The Kier molecular flexibility index (Phi) is 4.37. The number of hydrogen-bond acceptors (Lipinski definition) is 4. The van der Waals surface area contributed by atoms with E-state index in [4.69, 9.17) is 28.3 Å². The van der Waals surface area contributed by atoms with Crippen LogP contribution in [-0.2, 0) is 21.2 Å². The lowest BCUT2D eigenvalue weighted by Crippen LogP contribution is -2.15. The summed E-state index contributed by atoms with van der Waals surface area (Å²) >= 11 is 13.2. The molecule has 0 radical (unpaired) electrons. The molecule has 5 nitrogen and oxygen atoms in total. The summed E-state index contributed by atoms with van der Waals surface area (Å²) in [6, 6.07) is 6.10. The molecule has 3 aromatic rings. The molecule has 2 aromatic heterocycles. The van der Waals surface area contributed by atoms with Crippen molar-refractivity contribution >= 4 is 60.7 Å². The molecular formula is C15H11Cl2NO4S2. The van der Waals surface area contributed by atoms with E-state index in [2.05, 4.69) is 0 Å². The Labute approximate surface area is 152 Å². The van der Waals surface area contributed by atoms with E-state index < -0.39 is 16.0 Å². The number of rotatable bonds is 4. The highest BCUT2D eigenvalue weighted by Crippen LogP contribution is 2.36. The molecule has 24 heavy (non-hydrogen) atoms. The standard InChI is InChI=1S/C15H11Cl2NO4S2/c1-8-10(7-13(19)20)9-5-6-23-15(9)18(8)24(21,22)12-4-2-3-11(16)14(12)17/h2-6H,7H2,1H3,(H,19,20). The van der Waals surface area contributed by atoms with Crippen molar-refractivity contribution in [1.29, 1.82) is 0 Å². The number of hydrogen-bond donors (Lipinski definition) is 1. The number of nitrogens with zero attached hydrogens (tertiary/aromatic N) is 1. The normalized spacial score (nSPS) is 12.0. The topological polar surface area (TPSA) is 76.4 Å². The highest BCUT2D eigenvalue weighted by molar-refractivity contribution is 7.90. The monoisotopic (exact) mass is 403 g/mol. The van der Waals surface area contributed by atoms with Crippen molar-refractivity contribution in [3.63, 3.8) is 0 Å². The van der Waals surface area contributed by atoms with Crippen molar-refractivity contribution in [3.05, 3.63) is 50.9 Å². The average Bonchev–Trinajstić information content (AvgIpc) is 3.04. The first kappa shape index (κ1) is 17.3. The van der Waals surface area contributed by atoms with Gasteiger partial charge in [-0.25, -0.2) is 12.4 Å². The van der Waals surface area contributed by atoms with Crippen molar-refractivity contribution in [2.75, 3.05) is 0 Å². The zero-order valence-electron chi connectivity index (χ0n) is 12.3. The van der Waals surface area contributed by atoms with E-state index in [0.717, 1.165) is 3.97 Å². The van der Waals surface area contributed by atoms with Crippen LogP contribution >= 0.6 is 34.5 Å². The summed E-state index contributed by atoms with van der Waals surface area (Å²) in [6.45, 7) is 1.58. The van der Waals surface area contributed by atoms with Crippen LogP contribution in [0.15, 0.2) is 34.5 Å². The van der Waals surface area contributed by atoms with Gasteiger partial charge in [0.2, 0.25) is 0 Å². The van der Waals surface area contributed by atoms with Gasteiger partial charge >= 0.3 is 5.97 Å². The second-order valence-corrected chi connectivity index (χ2v) is 8.53. The molecule has 0 fully saturated rings. The van der Waals surface area contributed by atoms with Crippen LogP contribution in [0.5, 0.6) is 0 Å². The second-order valence-electron chi connectivity index (χ2n) is 5.10. The van der Waals surface area contributed by atoms with Crippen LogP contribution in [0.3, 0.4) is 0 Å². The number of aliphatic carboxylic acids is 1. The predicted octanol–water partition coefficient (Wildman–Crippen LogP) is 4.18. The van der Waals surface area contributed by atoms with E-state index in [0.29, 0.717) is 21.5 Å². The molecule has 0 saturated heterocycles. The Bertz CT molecular complexity index is 1070. The molecule has 9 heteroatoms. The van der Waals surface area contributed by atoms with Gasteiger partial charge in [0.25, 0.3) is 10.0 Å². The van der Waals surface area contributed by atoms with Crippen molar-refractivity contribution in [2.24, 2.45) is 0 Å². The molecule has 0 aliphatic heterocycles. The summed E-state index contributed by atoms with van der Waals surface area (Å²) in [4.78, 5) is 11.5. The highest BCUT2D eigenvalue weighted by Gasteiger charge is 2.28. The van der Waals surface area contributed by atoms with Crippen LogP contribution in [0, 0.1) is 6.92 Å². The minimum absolute atomic E-state index is 0.0586.